The SMILES string of the molecule is CN(C)CCCS(=O)c1cc(Br)ccc1N. The van der Waals surface area contributed by atoms with Gasteiger partial charge < -0.3 is 10.6 Å². The normalized spacial score (nSPS) is 13.0. The molecular formula is C11H17BrN2OS. The van der Waals surface area contributed by atoms with Crippen molar-refractivity contribution in [3.8, 4) is 0 Å². The Labute approximate surface area is 108 Å². The summed E-state index contributed by atoms with van der Waals surface area (Å²) in [5.74, 6) is 0.652. The Morgan fingerprint density at radius 2 is 2.12 bits per heavy atom. The van der Waals surface area contributed by atoms with Gasteiger partial charge in [-0.05, 0) is 45.3 Å². The molecule has 1 atom stereocenters. The Morgan fingerprint density at radius 3 is 2.75 bits per heavy atom. The number of halogens is 1. The first-order valence-corrected chi connectivity index (χ1v) is 7.20. The molecule has 0 saturated carbocycles. The molecule has 0 radical (unpaired) electrons. The molecule has 1 aromatic rings. The van der Waals surface area contributed by atoms with Crippen molar-refractivity contribution in [1.29, 1.82) is 0 Å². The van der Waals surface area contributed by atoms with Gasteiger partial charge in [0.15, 0.2) is 0 Å². The lowest BCUT2D eigenvalue weighted by Crippen LogP contribution is -2.15. The first-order valence-electron chi connectivity index (χ1n) is 5.09. The van der Waals surface area contributed by atoms with E-state index in [1.807, 2.05) is 26.2 Å². The molecule has 16 heavy (non-hydrogen) atoms. The average molecular weight is 305 g/mol. The summed E-state index contributed by atoms with van der Waals surface area (Å²) in [5.41, 5.74) is 6.40. The van der Waals surface area contributed by atoms with Gasteiger partial charge >= 0.3 is 0 Å². The third-order valence-electron chi connectivity index (χ3n) is 2.16. The Kier molecular flexibility index (Phi) is 5.44. The van der Waals surface area contributed by atoms with Gasteiger partial charge in [-0.1, -0.05) is 15.9 Å². The van der Waals surface area contributed by atoms with Gasteiger partial charge in [0.05, 0.1) is 15.7 Å². The van der Waals surface area contributed by atoms with Gasteiger partial charge in [0.25, 0.3) is 0 Å². The third-order valence-corrected chi connectivity index (χ3v) is 4.15. The van der Waals surface area contributed by atoms with Crippen molar-refractivity contribution in [2.75, 3.05) is 32.1 Å². The number of anilines is 1. The van der Waals surface area contributed by atoms with Gasteiger partial charge in [-0.3, -0.25) is 4.21 Å². The smallest absolute Gasteiger partial charge is 0.0628 e. The molecular weight excluding hydrogens is 288 g/mol. The summed E-state index contributed by atoms with van der Waals surface area (Å²) >= 11 is 3.36. The van der Waals surface area contributed by atoms with Crippen LogP contribution in [0.2, 0.25) is 0 Å². The van der Waals surface area contributed by atoms with Crippen LogP contribution in [0.4, 0.5) is 5.69 Å². The van der Waals surface area contributed by atoms with E-state index in [0.29, 0.717) is 11.4 Å². The van der Waals surface area contributed by atoms with Gasteiger partial charge in [-0.2, -0.15) is 0 Å². The van der Waals surface area contributed by atoms with Crippen molar-refractivity contribution >= 4 is 32.4 Å². The highest BCUT2D eigenvalue weighted by atomic mass is 79.9. The van der Waals surface area contributed by atoms with Gasteiger partial charge in [0, 0.05) is 15.9 Å². The maximum absolute atomic E-state index is 12.0. The highest BCUT2D eigenvalue weighted by molar-refractivity contribution is 9.10. The number of nitrogen functional groups attached to an aromatic ring is 1. The predicted octanol–water partition coefficient (Wildman–Crippen LogP) is 2.09. The highest BCUT2D eigenvalue weighted by Gasteiger charge is 2.08. The van der Waals surface area contributed by atoms with Crippen molar-refractivity contribution in [2.45, 2.75) is 11.3 Å². The standard InChI is InChI=1S/C11H17BrN2OS/c1-14(2)6-3-7-16(15)11-8-9(12)4-5-10(11)13/h4-5,8H,3,6-7,13H2,1-2H3. The van der Waals surface area contributed by atoms with E-state index < -0.39 is 10.8 Å². The van der Waals surface area contributed by atoms with E-state index in [4.69, 9.17) is 5.73 Å². The Balaban J connectivity index is 2.62. The molecule has 3 nitrogen and oxygen atoms in total. The fourth-order valence-corrected chi connectivity index (χ4v) is 3.04. The molecule has 0 aromatic heterocycles. The zero-order valence-corrected chi connectivity index (χ0v) is 12.0. The van der Waals surface area contributed by atoms with Crippen LogP contribution in [0.15, 0.2) is 27.6 Å². The van der Waals surface area contributed by atoms with E-state index in [0.717, 1.165) is 22.3 Å². The molecule has 0 fully saturated rings. The Bertz CT molecular complexity index is 382. The van der Waals surface area contributed by atoms with Crippen molar-refractivity contribution in [3.05, 3.63) is 22.7 Å². The van der Waals surface area contributed by atoms with Crippen LogP contribution >= 0.6 is 15.9 Å². The quantitative estimate of drug-likeness (QED) is 0.847. The number of hydrogen-bond donors (Lipinski definition) is 1. The number of nitrogens with two attached hydrogens (primary N) is 1. The van der Waals surface area contributed by atoms with Crippen molar-refractivity contribution in [2.24, 2.45) is 0 Å². The Morgan fingerprint density at radius 1 is 1.44 bits per heavy atom. The summed E-state index contributed by atoms with van der Waals surface area (Å²) < 4.78 is 12.9. The zero-order valence-electron chi connectivity index (χ0n) is 9.57. The van der Waals surface area contributed by atoms with Crippen LogP contribution in [-0.2, 0) is 10.8 Å². The predicted molar refractivity (Wildman–Crippen MR) is 73.0 cm³/mol. The lowest BCUT2D eigenvalue weighted by Gasteiger charge is -2.10. The molecule has 1 aromatic carbocycles. The Hall–Kier alpha value is -0.390. The minimum absolute atomic E-state index is 0.603. The first kappa shape index (κ1) is 13.7. The first-order chi connectivity index (χ1) is 7.50. The van der Waals surface area contributed by atoms with E-state index in [1.54, 1.807) is 6.07 Å². The van der Waals surface area contributed by atoms with Crippen molar-refractivity contribution < 1.29 is 4.21 Å². The molecule has 0 aliphatic rings. The summed E-state index contributed by atoms with van der Waals surface area (Å²) in [4.78, 5) is 2.81. The molecule has 1 unspecified atom stereocenters. The number of hydrogen-bond acceptors (Lipinski definition) is 3. The van der Waals surface area contributed by atoms with E-state index in [2.05, 4.69) is 20.8 Å². The van der Waals surface area contributed by atoms with E-state index in [1.165, 1.54) is 0 Å². The number of benzene rings is 1. The van der Waals surface area contributed by atoms with E-state index in [9.17, 15) is 4.21 Å². The second-order valence-corrected chi connectivity index (χ2v) is 6.34. The summed E-state index contributed by atoms with van der Waals surface area (Å²) in [5, 5.41) is 0. The molecule has 0 spiro atoms. The van der Waals surface area contributed by atoms with Crippen LogP contribution in [0.5, 0.6) is 0 Å². The van der Waals surface area contributed by atoms with Gasteiger partial charge in [-0.15, -0.1) is 0 Å². The maximum Gasteiger partial charge on any atom is 0.0628 e. The van der Waals surface area contributed by atoms with E-state index in [-0.39, 0.29) is 0 Å². The van der Waals surface area contributed by atoms with Gasteiger partial charge in [0.1, 0.15) is 0 Å². The van der Waals surface area contributed by atoms with Crippen LogP contribution < -0.4 is 5.73 Å². The van der Waals surface area contributed by atoms with Crippen LogP contribution in [0.25, 0.3) is 0 Å². The third kappa shape index (κ3) is 4.23. The van der Waals surface area contributed by atoms with Crippen molar-refractivity contribution in [3.63, 3.8) is 0 Å². The summed E-state index contributed by atoms with van der Waals surface area (Å²) in [6.07, 6.45) is 0.908. The van der Waals surface area contributed by atoms with Gasteiger partial charge in [-0.25, -0.2) is 0 Å². The monoisotopic (exact) mass is 304 g/mol. The molecule has 90 valence electrons. The molecule has 1 rings (SSSR count). The fourth-order valence-electron chi connectivity index (χ4n) is 1.33. The molecule has 5 heteroatoms. The highest BCUT2D eigenvalue weighted by Crippen LogP contribution is 2.22. The summed E-state index contributed by atoms with van der Waals surface area (Å²) in [6, 6.07) is 5.47. The molecule has 2 N–H and O–H groups in total. The molecule has 0 saturated heterocycles. The van der Waals surface area contributed by atoms with Crippen LogP contribution in [0, 0.1) is 0 Å². The second-order valence-electron chi connectivity index (χ2n) is 3.89. The minimum Gasteiger partial charge on any atom is -0.398 e. The largest absolute Gasteiger partial charge is 0.398 e. The minimum atomic E-state index is -1.00. The average Bonchev–Trinajstić information content (AvgIpc) is 2.21. The van der Waals surface area contributed by atoms with Gasteiger partial charge in [0.2, 0.25) is 0 Å². The second kappa shape index (κ2) is 6.37. The maximum atomic E-state index is 12.0. The van der Waals surface area contributed by atoms with Crippen LogP contribution in [-0.4, -0.2) is 35.5 Å². The molecule has 0 aliphatic heterocycles. The summed E-state index contributed by atoms with van der Waals surface area (Å²) in [6.45, 7) is 0.944. The van der Waals surface area contributed by atoms with E-state index >= 15 is 0 Å². The number of rotatable bonds is 5. The zero-order chi connectivity index (χ0) is 12.1. The lowest BCUT2D eigenvalue weighted by atomic mass is 10.3. The lowest BCUT2D eigenvalue weighted by molar-refractivity contribution is 0.409. The summed E-state index contributed by atoms with van der Waals surface area (Å²) in [7, 11) is 3.02. The topological polar surface area (TPSA) is 46.3 Å². The number of nitrogens with zero attached hydrogens (tertiary/aromatic N) is 1. The van der Waals surface area contributed by atoms with Crippen molar-refractivity contribution in [1.82, 2.24) is 4.90 Å². The molecule has 0 bridgehead atoms. The van der Waals surface area contributed by atoms with Crippen LogP contribution in [0.3, 0.4) is 0 Å². The van der Waals surface area contributed by atoms with Crippen LogP contribution in [0.1, 0.15) is 6.42 Å². The fraction of sp³-hybridized carbons (Fsp3) is 0.455. The molecule has 0 heterocycles. The molecule has 0 amide bonds. The molecule has 0 aliphatic carbocycles.